The predicted molar refractivity (Wildman–Crippen MR) is 30.5 cm³/mol. The van der Waals surface area contributed by atoms with E-state index in [0.29, 0.717) is 0 Å². The van der Waals surface area contributed by atoms with Gasteiger partial charge in [-0.15, -0.1) is 0 Å². The van der Waals surface area contributed by atoms with Crippen LogP contribution in [0.15, 0.2) is 0 Å². The first kappa shape index (κ1) is 6.35. The number of hydrogen-bond donors (Lipinski definition) is 2. The van der Waals surface area contributed by atoms with Crippen LogP contribution in [0.4, 0.5) is 0 Å². The van der Waals surface area contributed by atoms with Crippen LogP contribution in [0.3, 0.4) is 0 Å². The van der Waals surface area contributed by atoms with Crippen LogP contribution in [-0.4, -0.2) is 26.7 Å². The van der Waals surface area contributed by atoms with Crippen LogP contribution in [-0.2, 0) is 0 Å². The monoisotopic (exact) mass is 122 g/mol. The van der Waals surface area contributed by atoms with E-state index in [0.717, 1.165) is 0 Å². The molecule has 0 fully saturated rings. The summed E-state index contributed by atoms with van der Waals surface area (Å²) in [6.07, 6.45) is 0. The SMILES string of the molecule is C[SiH](O)[SiH](C)O. The molecule has 0 heterocycles. The molecule has 4 heteroatoms. The fraction of sp³-hybridized carbons (Fsp3) is 1.00. The second kappa shape index (κ2) is 2.51. The lowest BCUT2D eigenvalue weighted by Crippen LogP contribution is -2.28. The van der Waals surface area contributed by atoms with Crippen molar-refractivity contribution in [2.24, 2.45) is 0 Å². The van der Waals surface area contributed by atoms with Crippen molar-refractivity contribution < 1.29 is 9.59 Å². The second-order valence-corrected chi connectivity index (χ2v) is 10.2. The van der Waals surface area contributed by atoms with E-state index in [1.54, 1.807) is 13.1 Å². The molecular formula is C2H10O2Si2. The van der Waals surface area contributed by atoms with Gasteiger partial charge in [-0.05, 0) is 13.1 Å². The van der Waals surface area contributed by atoms with Crippen LogP contribution in [0.1, 0.15) is 0 Å². The maximum absolute atomic E-state index is 8.58. The Morgan fingerprint density at radius 3 is 1.17 bits per heavy atom. The van der Waals surface area contributed by atoms with Gasteiger partial charge in [0.1, 0.15) is 0 Å². The summed E-state index contributed by atoms with van der Waals surface area (Å²) in [6, 6.07) is 0. The third-order valence-corrected chi connectivity index (χ3v) is 6.28. The van der Waals surface area contributed by atoms with Gasteiger partial charge in [-0.2, -0.15) is 0 Å². The first-order chi connectivity index (χ1) is 2.64. The minimum Gasteiger partial charge on any atom is -0.435 e. The lowest BCUT2D eigenvalue weighted by atomic mass is 11.9. The molecule has 2 nitrogen and oxygen atoms in total. The van der Waals surface area contributed by atoms with Crippen LogP contribution in [0, 0.1) is 0 Å². The summed E-state index contributed by atoms with van der Waals surface area (Å²) in [5.41, 5.74) is 0. The van der Waals surface area contributed by atoms with Crippen molar-refractivity contribution in [1.82, 2.24) is 0 Å². The molecular weight excluding hydrogens is 112 g/mol. The zero-order valence-corrected chi connectivity index (χ0v) is 6.36. The van der Waals surface area contributed by atoms with Crippen molar-refractivity contribution in [2.45, 2.75) is 13.1 Å². The summed E-state index contributed by atoms with van der Waals surface area (Å²) < 4.78 is 0. The lowest BCUT2D eigenvalue weighted by molar-refractivity contribution is 0.555. The standard InChI is InChI=1S/C2H10O2Si2/c1-5(3)6(2)4/h3-6H,1-2H3. The minimum atomic E-state index is -1.55. The molecule has 0 amide bonds. The van der Waals surface area contributed by atoms with Crippen LogP contribution < -0.4 is 0 Å². The Balaban J connectivity index is 2.99. The van der Waals surface area contributed by atoms with Gasteiger partial charge in [0, 0.05) is 0 Å². The third kappa shape index (κ3) is 2.58. The van der Waals surface area contributed by atoms with Crippen molar-refractivity contribution in [2.75, 3.05) is 0 Å². The Kier molecular flexibility index (Phi) is 2.66. The molecule has 0 spiro atoms. The van der Waals surface area contributed by atoms with Gasteiger partial charge in [0.2, 0.25) is 0 Å². The first-order valence-corrected chi connectivity index (χ1v) is 8.01. The zero-order valence-electron chi connectivity index (χ0n) is 4.05. The van der Waals surface area contributed by atoms with Gasteiger partial charge in [0.25, 0.3) is 0 Å². The van der Waals surface area contributed by atoms with Gasteiger partial charge in [0.05, 0.1) is 0 Å². The van der Waals surface area contributed by atoms with E-state index in [2.05, 4.69) is 0 Å². The van der Waals surface area contributed by atoms with E-state index in [1.807, 2.05) is 0 Å². The van der Waals surface area contributed by atoms with E-state index in [-0.39, 0.29) is 0 Å². The van der Waals surface area contributed by atoms with Gasteiger partial charge in [-0.1, -0.05) is 0 Å². The predicted octanol–water partition coefficient (Wildman–Crippen LogP) is -1.24. The molecule has 0 bridgehead atoms. The van der Waals surface area contributed by atoms with Crippen LogP contribution in [0.2, 0.25) is 13.1 Å². The minimum absolute atomic E-state index is 1.55. The number of rotatable bonds is 1. The summed E-state index contributed by atoms with van der Waals surface area (Å²) in [7, 11) is -3.10. The van der Waals surface area contributed by atoms with E-state index in [1.165, 1.54) is 0 Å². The Hall–Kier alpha value is 0.354. The molecule has 0 saturated heterocycles. The molecule has 0 saturated carbocycles. The van der Waals surface area contributed by atoms with E-state index < -0.39 is 17.1 Å². The highest BCUT2D eigenvalue weighted by Crippen LogP contribution is 1.76. The molecule has 38 valence electrons. The number of hydrogen-bond acceptors (Lipinski definition) is 2. The molecule has 0 aliphatic rings. The summed E-state index contributed by atoms with van der Waals surface area (Å²) in [4.78, 5) is 17.2. The quantitative estimate of drug-likeness (QED) is 0.427. The smallest absolute Gasteiger partial charge is 0.184 e. The van der Waals surface area contributed by atoms with Crippen molar-refractivity contribution in [3.63, 3.8) is 0 Å². The fourth-order valence-electron chi connectivity index (χ4n) is 0. The molecule has 0 aromatic rings. The second-order valence-electron chi connectivity index (χ2n) is 1.48. The lowest BCUT2D eigenvalue weighted by Gasteiger charge is -1.98. The first-order valence-electron chi connectivity index (χ1n) is 2.00. The van der Waals surface area contributed by atoms with Crippen molar-refractivity contribution in [3.05, 3.63) is 0 Å². The Bertz CT molecular complexity index is 30.5. The molecule has 2 N–H and O–H groups in total. The molecule has 0 aromatic heterocycles. The summed E-state index contributed by atoms with van der Waals surface area (Å²) in [5, 5.41) is 0. The Labute approximate surface area is 40.7 Å². The molecule has 0 aromatic carbocycles. The van der Waals surface area contributed by atoms with E-state index in [4.69, 9.17) is 9.59 Å². The van der Waals surface area contributed by atoms with Crippen LogP contribution >= 0.6 is 0 Å². The summed E-state index contributed by atoms with van der Waals surface area (Å²) in [6.45, 7) is 3.49. The third-order valence-electron chi connectivity index (χ3n) is 0.698. The molecule has 2 atom stereocenters. The summed E-state index contributed by atoms with van der Waals surface area (Å²) >= 11 is 0. The zero-order chi connectivity index (χ0) is 5.15. The van der Waals surface area contributed by atoms with Crippen molar-refractivity contribution in [1.29, 1.82) is 0 Å². The topological polar surface area (TPSA) is 40.5 Å². The maximum Gasteiger partial charge on any atom is 0.184 e. The molecule has 6 heavy (non-hydrogen) atoms. The highest BCUT2D eigenvalue weighted by molar-refractivity contribution is 7.14. The van der Waals surface area contributed by atoms with E-state index in [9.17, 15) is 0 Å². The molecule has 0 aliphatic carbocycles. The molecule has 0 aliphatic heterocycles. The van der Waals surface area contributed by atoms with Gasteiger partial charge in [-0.25, -0.2) is 0 Å². The highest BCUT2D eigenvalue weighted by atomic mass is 29.2. The largest absolute Gasteiger partial charge is 0.435 e. The summed E-state index contributed by atoms with van der Waals surface area (Å²) in [5.74, 6) is 0. The van der Waals surface area contributed by atoms with Crippen molar-refractivity contribution >= 4 is 17.1 Å². The average molecular weight is 122 g/mol. The Morgan fingerprint density at radius 1 is 1.00 bits per heavy atom. The maximum atomic E-state index is 8.58. The fourth-order valence-corrected chi connectivity index (χ4v) is 0. The van der Waals surface area contributed by atoms with Crippen LogP contribution in [0.5, 0.6) is 0 Å². The van der Waals surface area contributed by atoms with Gasteiger partial charge in [-0.3, -0.25) is 0 Å². The highest BCUT2D eigenvalue weighted by Gasteiger charge is 2.06. The van der Waals surface area contributed by atoms with Crippen molar-refractivity contribution in [3.8, 4) is 0 Å². The normalized spacial score (nSPS) is 20.0. The molecule has 0 rings (SSSR count). The van der Waals surface area contributed by atoms with Crippen LogP contribution in [0.25, 0.3) is 0 Å². The van der Waals surface area contributed by atoms with Gasteiger partial charge in [0.15, 0.2) is 17.1 Å². The van der Waals surface area contributed by atoms with Gasteiger partial charge >= 0.3 is 0 Å². The average Bonchev–Trinajstić information content (AvgIpc) is 1.36. The Morgan fingerprint density at radius 2 is 1.17 bits per heavy atom. The molecule has 2 unspecified atom stereocenters. The molecule has 0 radical (unpaired) electrons. The van der Waals surface area contributed by atoms with E-state index >= 15 is 0 Å². The van der Waals surface area contributed by atoms with Gasteiger partial charge < -0.3 is 9.59 Å².